The van der Waals surface area contributed by atoms with Crippen LogP contribution in [-0.4, -0.2) is 16.1 Å². The van der Waals surface area contributed by atoms with Gasteiger partial charge in [0.05, 0.1) is 5.45 Å². The van der Waals surface area contributed by atoms with Crippen LogP contribution >= 0.6 is 27.9 Å². The van der Waals surface area contributed by atoms with Gasteiger partial charge in [-0.25, -0.2) is 0 Å². The van der Waals surface area contributed by atoms with Gasteiger partial charge in [-0.15, -0.1) is 0 Å². The first kappa shape index (κ1) is 6.75. The number of hydrazine groups is 1. The van der Waals surface area contributed by atoms with Gasteiger partial charge in [-0.2, -0.15) is 4.41 Å². The van der Waals surface area contributed by atoms with Gasteiger partial charge in [-0.1, -0.05) is 27.9 Å². The first-order valence-corrected chi connectivity index (χ1v) is 3.74. The summed E-state index contributed by atoms with van der Waals surface area (Å²) in [6.45, 7) is 0. The third-order valence-electron chi connectivity index (χ3n) is 0.352. The molecular weight excluding hydrogens is 164 g/mol. The molecule has 0 radical (unpaired) electrons. The largest absolute Gasteiger partial charge is 0.258 e. The monoisotopic (exact) mass is 170 g/mol. The fourth-order valence-corrected chi connectivity index (χ4v) is 0.761. The molecule has 0 aliphatic rings. The van der Waals surface area contributed by atoms with Crippen molar-refractivity contribution >= 4 is 27.9 Å². The van der Waals surface area contributed by atoms with Crippen molar-refractivity contribution in [3.63, 3.8) is 0 Å². The molecule has 4 heteroatoms. The van der Waals surface area contributed by atoms with E-state index in [-0.39, 0.29) is 0 Å². The number of rotatable bonds is 2. The van der Waals surface area contributed by atoms with Crippen LogP contribution in [0.25, 0.3) is 0 Å². The molecule has 0 saturated carbocycles. The topological polar surface area (TPSA) is 29.3 Å². The minimum atomic E-state index is 0.716. The number of nitrogens with zero attached hydrogens (tertiary/aromatic N) is 1. The Balaban J connectivity index is 2.75. The molecular formula is C2H7BrN2S. The van der Waals surface area contributed by atoms with Gasteiger partial charge in [-0.05, 0) is 6.26 Å². The maximum absolute atomic E-state index is 5.22. The number of alkyl halides is 1. The van der Waals surface area contributed by atoms with Crippen LogP contribution in [0.4, 0.5) is 0 Å². The molecule has 0 unspecified atom stereocenters. The van der Waals surface area contributed by atoms with E-state index in [1.807, 2.05) is 6.26 Å². The zero-order valence-corrected chi connectivity index (χ0v) is 5.92. The Morgan fingerprint density at radius 2 is 2.50 bits per heavy atom. The predicted octanol–water partition coefficient (Wildman–Crippen LogP) is 0.793. The van der Waals surface area contributed by atoms with Gasteiger partial charge in [0, 0.05) is 0 Å². The van der Waals surface area contributed by atoms with Crippen molar-refractivity contribution in [3.8, 4) is 0 Å². The van der Waals surface area contributed by atoms with E-state index in [4.69, 9.17) is 5.84 Å². The molecule has 6 heavy (non-hydrogen) atoms. The standard InChI is InChI=1S/C2H7BrN2S/c1-6-5(4)2-3/h2,4H2,1H3. The minimum absolute atomic E-state index is 0.716. The van der Waals surface area contributed by atoms with Crippen LogP contribution in [-0.2, 0) is 0 Å². The highest BCUT2D eigenvalue weighted by molar-refractivity contribution is 9.09. The van der Waals surface area contributed by atoms with Crippen LogP contribution in [0.15, 0.2) is 0 Å². The lowest BCUT2D eigenvalue weighted by Crippen LogP contribution is -2.20. The van der Waals surface area contributed by atoms with Crippen molar-refractivity contribution < 1.29 is 0 Å². The summed E-state index contributed by atoms with van der Waals surface area (Å²) in [5.74, 6) is 5.22. The highest BCUT2D eigenvalue weighted by atomic mass is 79.9. The van der Waals surface area contributed by atoms with E-state index in [1.54, 1.807) is 4.41 Å². The van der Waals surface area contributed by atoms with Gasteiger partial charge in [0.1, 0.15) is 0 Å². The van der Waals surface area contributed by atoms with Gasteiger partial charge in [0.15, 0.2) is 0 Å². The number of nitrogens with two attached hydrogens (primary N) is 1. The van der Waals surface area contributed by atoms with Crippen LogP contribution in [0, 0.1) is 0 Å². The molecule has 0 spiro atoms. The Kier molecular flexibility index (Phi) is 4.41. The van der Waals surface area contributed by atoms with E-state index in [9.17, 15) is 0 Å². The van der Waals surface area contributed by atoms with Gasteiger partial charge in [0.2, 0.25) is 0 Å². The third-order valence-corrected chi connectivity index (χ3v) is 1.82. The van der Waals surface area contributed by atoms with Crippen molar-refractivity contribution in [1.82, 2.24) is 4.41 Å². The Hall–Kier alpha value is 0.750. The average Bonchev–Trinajstić information content (AvgIpc) is 1.65. The molecule has 0 aliphatic heterocycles. The van der Waals surface area contributed by atoms with Crippen molar-refractivity contribution in [2.75, 3.05) is 11.7 Å². The third kappa shape index (κ3) is 2.96. The van der Waals surface area contributed by atoms with Crippen LogP contribution in [0.3, 0.4) is 0 Å². The summed E-state index contributed by atoms with van der Waals surface area (Å²) in [7, 11) is 0. The van der Waals surface area contributed by atoms with E-state index in [1.165, 1.54) is 11.9 Å². The molecule has 38 valence electrons. The van der Waals surface area contributed by atoms with E-state index in [2.05, 4.69) is 15.9 Å². The van der Waals surface area contributed by atoms with Gasteiger partial charge >= 0.3 is 0 Å². The highest BCUT2D eigenvalue weighted by Gasteiger charge is 1.84. The van der Waals surface area contributed by atoms with E-state index in [0.717, 1.165) is 0 Å². The zero-order valence-electron chi connectivity index (χ0n) is 3.52. The molecule has 0 fully saturated rings. The molecule has 0 aliphatic carbocycles. The molecule has 0 bridgehead atoms. The minimum Gasteiger partial charge on any atom is -0.258 e. The smallest absolute Gasteiger partial charge is 0.0796 e. The predicted molar refractivity (Wildman–Crippen MR) is 33.3 cm³/mol. The lowest BCUT2D eigenvalue weighted by Gasteiger charge is -2.04. The summed E-state index contributed by atoms with van der Waals surface area (Å²) in [6, 6.07) is 0. The van der Waals surface area contributed by atoms with E-state index >= 15 is 0 Å². The summed E-state index contributed by atoms with van der Waals surface area (Å²) in [5, 5.41) is 0. The number of halogens is 1. The second-order valence-corrected chi connectivity index (χ2v) is 2.05. The Morgan fingerprint density at radius 1 is 2.00 bits per heavy atom. The SMILES string of the molecule is CSN(N)CBr. The summed E-state index contributed by atoms with van der Waals surface area (Å²) in [5.41, 5.74) is 0.716. The second kappa shape index (κ2) is 3.92. The molecule has 0 aromatic heterocycles. The first-order chi connectivity index (χ1) is 2.81. The lowest BCUT2D eigenvalue weighted by atomic mass is 11.5. The van der Waals surface area contributed by atoms with E-state index < -0.39 is 0 Å². The number of hydrogen-bond acceptors (Lipinski definition) is 3. The summed E-state index contributed by atoms with van der Waals surface area (Å²) >= 11 is 4.64. The van der Waals surface area contributed by atoms with E-state index in [0.29, 0.717) is 5.45 Å². The molecule has 0 amide bonds. The first-order valence-electron chi connectivity index (χ1n) is 1.43. The van der Waals surface area contributed by atoms with Crippen LogP contribution in [0.2, 0.25) is 0 Å². The van der Waals surface area contributed by atoms with Crippen molar-refractivity contribution in [1.29, 1.82) is 0 Å². The molecule has 0 heterocycles. The Labute approximate surface area is 50.3 Å². The Morgan fingerprint density at radius 3 is 2.50 bits per heavy atom. The van der Waals surface area contributed by atoms with Gasteiger partial charge < -0.3 is 0 Å². The van der Waals surface area contributed by atoms with Crippen LogP contribution in [0.1, 0.15) is 0 Å². The van der Waals surface area contributed by atoms with Crippen molar-refractivity contribution in [3.05, 3.63) is 0 Å². The average molecular weight is 171 g/mol. The maximum Gasteiger partial charge on any atom is 0.0796 e. The summed E-state index contributed by atoms with van der Waals surface area (Å²) in [4.78, 5) is 0. The molecule has 2 nitrogen and oxygen atoms in total. The lowest BCUT2D eigenvalue weighted by molar-refractivity contribution is 0.596. The highest BCUT2D eigenvalue weighted by Crippen LogP contribution is 1.97. The second-order valence-electron chi connectivity index (χ2n) is 0.719. The van der Waals surface area contributed by atoms with Crippen molar-refractivity contribution in [2.45, 2.75) is 0 Å². The molecule has 0 atom stereocenters. The van der Waals surface area contributed by atoms with Crippen LogP contribution < -0.4 is 5.84 Å². The van der Waals surface area contributed by atoms with Gasteiger partial charge in [0.25, 0.3) is 0 Å². The molecule has 0 aromatic carbocycles. The number of hydrogen-bond donors (Lipinski definition) is 1. The fourth-order valence-electron chi connectivity index (χ4n) is 0.0488. The summed E-state index contributed by atoms with van der Waals surface area (Å²) in [6.07, 6.45) is 1.92. The van der Waals surface area contributed by atoms with Crippen LogP contribution in [0.5, 0.6) is 0 Å². The maximum atomic E-state index is 5.22. The molecule has 2 N–H and O–H groups in total. The quantitative estimate of drug-likeness (QED) is 0.219. The molecule has 0 saturated heterocycles. The zero-order chi connectivity index (χ0) is 4.99. The Bertz CT molecular complexity index is 30.7. The molecule has 0 aromatic rings. The fraction of sp³-hybridized carbons (Fsp3) is 1.00. The molecule has 0 rings (SSSR count). The summed E-state index contributed by atoms with van der Waals surface area (Å²) < 4.78 is 1.58. The van der Waals surface area contributed by atoms with Gasteiger partial charge in [-0.3, -0.25) is 5.84 Å². The van der Waals surface area contributed by atoms with Crippen molar-refractivity contribution in [2.24, 2.45) is 5.84 Å². The normalized spacial score (nSPS) is 10.0.